The number of nitrogens with one attached hydrogen (secondary N) is 5. The third-order valence-corrected chi connectivity index (χ3v) is 7.00. The summed E-state index contributed by atoms with van der Waals surface area (Å²) in [5.41, 5.74) is 22.3. The number of nitrogen functional groups attached to an aromatic ring is 1. The number of primary sulfonamides is 1. The predicted octanol–water partition coefficient (Wildman–Crippen LogP) is -3.31. The summed E-state index contributed by atoms with van der Waals surface area (Å²) in [6.07, 6.45) is -0.634. The Bertz CT molecular complexity index is 1150. The average molecular weight is 474 g/mol. The molecule has 1 atom stereocenters. The van der Waals surface area contributed by atoms with Crippen LogP contribution in [0.2, 0.25) is 0 Å². The molecule has 0 unspecified atom stereocenters. The summed E-state index contributed by atoms with van der Waals surface area (Å²) in [5.74, 6) is 0.249. The van der Waals surface area contributed by atoms with Gasteiger partial charge in [-0.15, -0.1) is 0 Å². The number of aliphatic hydroxyl groups excluding tert-OH is 1. The van der Waals surface area contributed by atoms with Gasteiger partial charge in [-0.3, -0.25) is 0 Å². The second kappa shape index (κ2) is 9.09. The van der Waals surface area contributed by atoms with Gasteiger partial charge in [-0.2, -0.15) is 11.1 Å². The molecule has 3 rings (SSSR count). The van der Waals surface area contributed by atoms with Crippen LogP contribution >= 0.6 is 0 Å². The Morgan fingerprint density at radius 1 is 1.13 bits per heavy atom. The number of sulfonamides is 2. The molecule has 1 aromatic carbocycles. The summed E-state index contributed by atoms with van der Waals surface area (Å²) < 4.78 is 53.1. The zero-order valence-corrected chi connectivity index (χ0v) is 17.7. The number of rotatable bonds is 8. The quantitative estimate of drug-likeness (QED) is 0.183. The third-order valence-electron chi connectivity index (χ3n) is 4.40. The minimum atomic E-state index is -4.55. The molecule has 12 N–H and O–H groups in total. The number of nitrogens with two attached hydrogens (primary N) is 3. The van der Waals surface area contributed by atoms with Gasteiger partial charge in [0, 0.05) is 30.4 Å². The molecule has 0 amide bonds. The van der Waals surface area contributed by atoms with Gasteiger partial charge < -0.3 is 16.6 Å². The Hall–Kier alpha value is -2.25. The van der Waals surface area contributed by atoms with Crippen LogP contribution in [-0.4, -0.2) is 46.1 Å². The van der Waals surface area contributed by atoms with Gasteiger partial charge >= 0.3 is 0 Å². The average Bonchev–Trinajstić information content (AvgIpc) is 3.25. The number of anilines is 1. The Labute approximate surface area is 178 Å². The van der Waals surface area contributed by atoms with Crippen LogP contribution < -0.4 is 43.2 Å². The smallest absolute Gasteiger partial charge is 0.242 e. The maximum absolute atomic E-state index is 12.9. The van der Waals surface area contributed by atoms with Gasteiger partial charge in [-0.1, -0.05) is 6.07 Å². The van der Waals surface area contributed by atoms with Crippen LogP contribution in [0.3, 0.4) is 0 Å². The molecule has 2 aromatic rings. The van der Waals surface area contributed by atoms with Gasteiger partial charge in [0.15, 0.2) is 0 Å². The Kier molecular flexibility index (Phi) is 6.86. The normalized spacial score (nSPS) is 16.5. The zero-order valence-electron chi connectivity index (χ0n) is 16.0. The van der Waals surface area contributed by atoms with Crippen molar-refractivity contribution >= 4 is 25.9 Å². The lowest BCUT2D eigenvalue weighted by Gasteiger charge is -2.22. The number of hydrazine groups is 3. The molecule has 16 heteroatoms. The molecule has 1 aliphatic heterocycles. The summed E-state index contributed by atoms with van der Waals surface area (Å²) in [6, 6.07) is 5.66. The molecule has 31 heavy (non-hydrogen) atoms. The van der Waals surface area contributed by atoms with E-state index < -0.39 is 48.7 Å². The molecule has 1 fully saturated rings. The zero-order chi connectivity index (χ0) is 22.8. The van der Waals surface area contributed by atoms with E-state index >= 15 is 0 Å². The van der Waals surface area contributed by atoms with Crippen molar-refractivity contribution < 1.29 is 21.9 Å². The first-order valence-corrected chi connectivity index (χ1v) is 11.9. The van der Waals surface area contributed by atoms with Gasteiger partial charge in [0.05, 0.1) is 6.10 Å². The molecule has 1 aromatic heterocycles. The van der Waals surface area contributed by atoms with E-state index in [2.05, 4.69) is 31.6 Å². The van der Waals surface area contributed by atoms with Crippen molar-refractivity contribution in [1.82, 2.24) is 31.6 Å². The molecule has 1 saturated heterocycles. The van der Waals surface area contributed by atoms with Gasteiger partial charge in [0.2, 0.25) is 20.0 Å². The van der Waals surface area contributed by atoms with Crippen LogP contribution in [0.1, 0.15) is 11.7 Å². The number of nitrogens with zero attached hydrogens (tertiary/aromatic N) is 1. The highest BCUT2D eigenvalue weighted by Gasteiger charge is 2.34. The molecule has 0 saturated carbocycles. The number of aromatic nitrogens is 1. The van der Waals surface area contributed by atoms with Crippen LogP contribution in [0.4, 0.5) is 5.82 Å². The highest BCUT2D eigenvalue weighted by Crippen LogP contribution is 2.36. The monoisotopic (exact) mass is 473 g/mol. The largest absolute Gasteiger partial charge is 0.390 e. The standard InChI is InChI=1S/C15H23N9O5S2/c16-5-9(25)7-20-31(28,29)11-3-2-10(8-1-4-12(17)19-6-8)13(14(11)30(18,26)27)15-21-23-24-22-15/h1-4,6,9,15,20-25H,5,7,16H2,(H2,17,19)(H2,18,26,27)/t9-/m0/s1. The number of pyridine rings is 1. The maximum Gasteiger partial charge on any atom is 0.242 e. The van der Waals surface area contributed by atoms with E-state index in [1.165, 1.54) is 18.3 Å². The van der Waals surface area contributed by atoms with Crippen molar-refractivity contribution in [3.63, 3.8) is 0 Å². The molecule has 170 valence electrons. The molecule has 14 nitrogen and oxygen atoms in total. The van der Waals surface area contributed by atoms with Gasteiger partial charge in [-0.25, -0.2) is 42.5 Å². The van der Waals surface area contributed by atoms with Crippen LogP contribution in [0.5, 0.6) is 0 Å². The number of benzene rings is 1. The maximum atomic E-state index is 12.9. The lowest BCUT2D eigenvalue weighted by atomic mass is 9.99. The summed E-state index contributed by atoms with van der Waals surface area (Å²) in [6.45, 7) is -0.600. The second-order valence-electron chi connectivity index (χ2n) is 6.58. The van der Waals surface area contributed by atoms with Gasteiger partial charge in [0.1, 0.15) is 21.8 Å². The van der Waals surface area contributed by atoms with E-state index in [4.69, 9.17) is 16.6 Å². The summed E-state index contributed by atoms with van der Waals surface area (Å²) >= 11 is 0. The highest BCUT2D eigenvalue weighted by atomic mass is 32.2. The molecule has 1 aliphatic rings. The predicted molar refractivity (Wildman–Crippen MR) is 111 cm³/mol. The van der Waals surface area contributed by atoms with Crippen molar-refractivity contribution in [2.75, 3.05) is 18.8 Å². The second-order valence-corrected chi connectivity index (χ2v) is 9.82. The summed E-state index contributed by atoms with van der Waals surface area (Å²) in [4.78, 5) is 2.78. The van der Waals surface area contributed by atoms with E-state index in [9.17, 15) is 21.9 Å². The topological polar surface area (TPSA) is 240 Å². The lowest BCUT2D eigenvalue weighted by Crippen LogP contribution is -2.37. The Balaban J connectivity index is 2.26. The van der Waals surface area contributed by atoms with E-state index in [0.717, 1.165) is 6.07 Å². The fourth-order valence-corrected chi connectivity index (χ4v) is 5.68. The van der Waals surface area contributed by atoms with E-state index in [-0.39, 0.29) is 17.9 Å². The van der Waals surface area contributed by atoms with Crippen molar-refractivity contribution in [3.05, 3.63) is 36.0 Å². The fraction of sp³-hybridized carbons (Fsp3) is 0.267. The molecular formula is C15H23N9O5S2. The van der Waals surface area contributed by atoms with Crippen LogP contribution in [0.15, 0.2) is 40.3 Å². The highest BCUT2D eigenvalue weighted by molar-refractivity contribution is 7.92. The van der Waals surface area contributed by atoms with Gasteiger partial charge in [0.25, 0.3) is 0 Å². The molecule has 0 aliphatic carbocycles. The van der Waals surface area contributed by atoms with Crippen molar-refractivity contribution in [1.29, 1.82) is 0 Å². The molecule has 0 radical (unpaired) electrons. The summed E-state index contributed by atoms with van der Waals surface area (Å²) in [5, 5.41) is 15.0. The molecule has 2 heterocycles. The van der Waals surface area contributed by atoms with Crippen LogP contribution in [0.25, 0.3) is 11.1 Å². The molecule has 0 spiro atoms. The SMILES string of the molecule is NC[C@H](O)CNS(=O)(=O)c1ccc(-c2ccc(N)nc2)c(C2NNNN2)c1S(N)(=O)=O. The number of hydrogen-bond donors (Lipinski definition) is 9. The third kappa shape index (κ3) is 5.15. The van der Waals surface area contributed by atoms with Crippen molar-refractivity contribution in [2.24, 2.45) is 10.9 Å². The first-order chi connectivity index (χ1) is 14.5. The Morgan fingerprint density at radius 3 is 2.35 bits per heavy atom. The Morgan fingerprint density at radius 2 is 1.81 bits per heavy atom. The van der Waals surface area contributed by atoms with E-state index in [0.29, 0.717) is 11.1 Å². The number of hydrogen-bond acceptors (Lipinski definition) is 12. The fourth-order valence-electron chi connectivity index (χ4n) is 2.95. The molecular weight excluding hydrogens is 450 g/mol. The number of aliphatic hydroxyl groups is 1. The minimum absolute atomic E-state index is 0.0221. The van der Waals surface area contributed by atoms with Crippen LogP contribution in [0, 0.1) is 0 Å². The van der Waals surface area contributed by atoms with Gasteiger partial charge in [-0.05, 0) is 23.8 Å². The minimum Gasteiger partial charge on any atom is -0.390 e. The first-order valence-electron chi connectivity index (χ1n) is 8.85. The van der Waals surface area contributed by atoms with E-state index in [1.54, 1.807) is 6.07 Å². The first kappa shape index (κ1) is 23.4. The summed E-state index contributed by atoms with van der Waals surface area (Å²) in [7, 11) is -8.95. The lowest BCUT2D eigenvalue weighted by molar-refractivity contribution is 0.186. The van der Waals surface area contributed by atoms with E-state index in [1.807, 2.05) is 0 Å². The van der Waals surface area contributed by atoms with Crippen molar-refractivity contribution in [2.45, 2.75) is 22.1 Å². The molecule has 0 bridgehead atoms. The van der Waals surface area contributed by atoms with Crippen molar-refractivity contribution in [3.8, 4) is 11.1 Å². The van der Waals surface area contributed by atoms with Crippen LogP contribution in [-0.2, 0) is 20.0 Å².